The molecular formula is C31H56N2O2. The first kappa shape index (κ1) is 37.1. The van der Waals surface area contributed by atoms with Crippen molar-refractivity contribution in [3.05, 3.63) is 54.1 Å². The Morgan fingerprint density at radius 2 is 1.43 bits per heavy atom. The summed E-state index contributed by atoms with van der Waals surface area (Å²) in [5.41, 5.74) is 3.94. The molecule has 4 heteroatoms. The average Bonchev–Trinajstić information content (AvgIpc) is 2.95. The minimum atomic E-state index is 0.457. The van der Waals surface area contributed by atoms with E-state index in [1.165, 1.54) is 43.6 Å². The van der Waals surface area contributed by atoms with Gasteiger partial charge in [0, 0.05) is 32.4 Å². The molecule has 2 aromatic rings. The lowest BCUT2D eigenvalue weighted by molar-refractivity contribution is -0.120. The smallest absolute Gasteiger partial charge is 0.298 e. The van der Waals surface area contributed by atoms with Crippen LogP contribution in [0.3, 0.4) is 0 Å². The molecule has 0 unspecified atom stereocenters. The maximum absolute atomic E-state index is 10.3. The van der Waals surface area contributed by atoms with Crippen LogP contribution < -0.4 is 14.5 Å². The van der Waals surface area contributed by atoms with Gasteiger partial charge in [-0.05, 0) is 49.4 Å². The van der Waals surface area contributed by atoms with Gasteiger partial charge in [0.05, 0.1) is 5.69 Å². The molecule has 0 bridgehead atoms. The van der Waals surface area contributed by atoms with E-state index >= 15 is 0 Å². The van der Waals surface area contributed by atoms with Crippen LogP contribution in [0.2, 0.25) is 0 Å². The molecule has 0 radical (unpaired) electrons. The highest BCUT2D eigenvalue weighted by Crippen LogP contribution is 2.27. The van der Waals surface area contributed by atoms with Crippen molar-refractivity contribution in [1.29, 1.82) is 0 Å². The summed E-state index contributed by atoms with van der Waals surface area (Å²) in [5, 5.41) is 0. The molecule has 0 spiro atoms. The monoisotopic (exact) mass is 488 g/mol. The van der Waals surface area contributed by atoms with Gasteiger partial charge in [-0.25, -0.2) is 0 Å². The molecule has 1 heterocycles. The van der Waals surface area contributed by atoms with E-state index in [9.17, 15) is 4.79 Å². The van der Waals surface area contributed by atoms with E-state index in [2.05, 4.69) is 47.9 Å². The summed E-state index contributed by atoms with van der Waals surface area (Å²) in [6.45, 7) is 24.2. The van der Waals surface area contributed by atoms with Gasteiger partial charge in [-0.15, -0.1) is 0 Å². The molecule has 4 nitrogen and oxygen atoms in total. The van der Waals surface area contributed by atoms with Gasteiger partial charge in [-0.3, -0.25) is 4.79 Å². The molecule has 35 heavy (non-hydrogen) atoms. The summed E-state index contributed by atoms with van der Waals surface area (Å²) >= 11 is 0. The topological polar surface area (TPSA) is 32.8 Å². The van der Waals surface area contributed by atoms with Crippen molar-refractivity contribution < 1.29 is 9.53 Å². The van der Waals surface area contributed by atoms with Crippen molar-refractivity contribution in [1.82, 2.24) is 0 Å². The van der Waals surface area contributed by atoms with Crippen LogP contribution >= 0.6 is 0 Å². The summed E-state index contributed by atoms with van der Waals surface area (Å²) in [5.74, 6) is 0.610. The first-order valence-corrected chi connectivity index (χ1v) is 13.9. The summed E-state index contributed by atoms with van der Waals surface area (Å²) in [4.78, 5) is 14.8. The van der Waals surface area contributed by atoms with Crippen molar-refractivity contribution in [3.8, 4) is 5.75 Å². The zero-order valence-electron chi connectivity index (χ0n) is 24.9. The maximum atomic E-state index is 10.3. The number of rotatable bonds is 7. The quantitative estimate of drug-likeness (QED) is 0.364. The third-order valence-corrected chi connectivity index (χ3v) is 4.71. The van der Waals surface area contributed by atoms with Crippen molar-refractivity contribution in [3.63, 3.8) is 0 Å². The Morgan fingerprint density at radius 3 is 2.00 bits per heavy atom. The van der Waals surface area contributed by atoms with E-state index < -0.39 is 0 Å². The Balaban J connectivity index is -0.000000456. The molecule has 2 aromatic carbocycles. The van der Waals surface area contributed by atoms with Gasteiger partial charge in [0.2, 0.25) is 0 Å². The molecule has 0 fully saturated rings. The second-order valence-corrected chi connectivity index (χ2v) is 6.82. The van der Waals surface area contributed by atoms with Crippen LogP contribution in [0.4, 0.5) is 11.4 Å². The average molecular weight is 489 g/mol. The second kappa shape index (κ2) is 27.8. The van der Waals surface area contributed by atoms with E-state index in [1.54, 1.807) is 6.07 Å². The Hall–Kier alpha value is -2.49. The van der Waals surface area contributed by atoms with Crippen LogP contribution in [0, 0.1) is 0 Å². The second-order valence-electron chi connectivity index (χ2n) is 6.82. The number of hydrogen-bond donors (Lipinski definition) is 0. The van der Waals surface area contributed by atoms with Crippen LogP contribution in [0.5, 0.6) is 5.75 Å². The number of para-hydroxylation sites is 3. The van der Waals surface area contributed by atoms with Crippen LogP contribution in [-0.2, 0) is 11.2 Å². The van der Waals surface area contributed by atoms with Gasteiger partial charge in [-0.2, -0.15) is 0 Å². The Morgan fingerprint density at radius 1 is 0.857 bits per heavy atom. The lowest BCUT2D eigenvalue weighted by Crippen LogP contribution is -2.29. The SMILES string of the molecule is CC.CC.CC.CC.CCCN(C)c1ccccc1OC=O.CCCN1CCCc2ccccc21. The van der Waals surface area contributed by atoms with Crippen molar-refractivity contribution in [2.45, 2.75) is 94.9 Å². The molecule has 0 aliphatic carbocycles. The van der Waals surface area contributed by atoms with Gasteiger partial charge in [0.15, 0.2) is 5.75 Å². The molecular weight excluding hydrogens is 432 g/mol. The fraction of sp³-hybridized carbons (Fsp3) is 0.581. The molecule has 0 N–H and O–H groups in total. The highest BCUT2D eigenvalue weighted by molar-refractivity contribution is 5.62. The number of carbonyl (C=O) groups is 1. The van der Waals surface area contributed by atoms with Crippen molar-refractivity contribution in [2.24, 2.45) is 0 Å². The zero-order chi connectivity index (χ0) is 27.5. The highest BCUT2D eigenvalue weighted by atomic mass is 16.5. The number of anilines is 2. The molecule has 0 saturated carbocycles. The molecule has 1 aliphatic rings. The van der Waals surface area contributed by atoms with Gasteiger partial charge < -0.3 is 14.5 Å². The van der Waals surface area contributed by atoms with Gasteiger partial charge in [0.1, 0.15) is 0 Å². The molecule has 0 aromatic heterocycles. The van der Waals surface area contributed by atoms with E-state index in [0.29, 0.717) is 12.2 Å². The first-order chi connectivity index (χ1) is 17.2. The molecule has 0 saturated heterocycles. The van der Waals surface area contributed by atoms with Crippen LogP contribution in [0.1, 0.15) is 94.1 Å². The Bertz CT molecular complexity index is 704. The third-order valence-electron chi connectivity index (χ3n) is 4.71. The lowest BCUT2D eigenvalue weighted by atomic mass is 10.0. The maximum Gasteiger partial charge on any atom is 0.298 e. The molecule has 1 aliphatic heterocycles. The summed E-state index contributed by atoms with van der Waals surface area (Å²) in [7, 11) is 1.98. The summed E-state index contributed by atoms with van der Waals surface area (Å²) < 4.78 is 4.88. The predicted molar refractivity (Wildman–Crippen MR) is 159 cm³/mol. The first-order valence-electron chi connectivity index (χ1n) is 13.9. The number of nitrogens with zero attached hydrogens (tertiary/aromatic N) is 2. The number of carbonyl (C=O) groups excluding carboxylic acids is 1. The van der Waals surface area contributed by atoms with Crippen LogP contribution in [0.15, 0.2) is 48.5 Å². The lowest BCUT2D eigenvalue weighted by Gasteiger charge is -2.30. The van der Waals surface area contributed by atoms with E-state index in [1.807, 2.05) is 80.6 Å². The standard InChI is InChI=1S/C12H17N.C11H15NO2.4C2H6/c1-2-9-13-10-5-7-11-6-3-4-8-12(11)13;1-3-8-12(2)10-6-4-5-7-11(10)14-9-13;4*1-2/h3-4,6,8H,2,5,7,9-10H2,1H3;4-7,9H,3,8H2,1-2H3;4*1-2H3. The van der Waals surface area contributed by atoms with Crippen molar-refractivity contribution >= 4 is 17.8 Å². The van der Waals surface area contributed by atoms with Crippen LogP contribution in [-0.4, -0.2) is 33.2 Å². The summed E-state index contributed by atoms with van der Waals surface area (Å²) in [6, 6.07) is 16.3. The number of benzene rings is 2. The highest BCUT2D eigenvalue weighted by Gasteiger charge is 2.14. The number of ether oxygens (including phenoxy) is 1. The van der Waals surface area contributed by atoms with Crippen molar-refractivity contribution in [2.75, 3.05) is 36.5 Å². The fourth-order valence-corrected chi connectivity index (χ4v) is 3.49. The van der Waals surface area contributed by atoms with Gasteiger partial charge >= 0.3 is 0 Å². The number of hydrogen-bond acceptors (Lipinski definition) is 4. The molecule has 202 valence electrons. The largest absolute Gasteiger partial charge is 0.427 e. The minimum Gasteiger partial charge on any atom is -0.427 e. The van der Waals surface area contributed by atoms with E-state index in [0.717, 1.165) is 18.7 Å². The number of aryl methyl sites for hydroxylation is 1. The third kappa shape index (κ3) is 15.2. The molecule has 0 atom stereocenters. The Labute approximate surface area is 218 Å². The van der Waals surface area contributed by atoms with Gasteiger partial charge in [-0.1, -0.05) is 99.6 Å². The fourth-order valence-electron chi connectivity index (χ4n) is 3.49. The van der Waals surface area contributed by atoms with E-state index in [-0.39, 0.29) is 0 Å². The summed E-state index contributed by atoms with van der Waals surface area (Å²) in [6.07, 6.45) is 4.88. The minimum absolute atomic E-state index is 0.457. The Kier molecular flexibility index (Phi) is 29.4. The van der Waals surface area contributed by atoms with Gasteiger partial charge in [0.25, 0.3) is 6.47 Å². The number of fused-ring (bicyclic) bond motifs is 1. The normalized spacial score (nSPS) is 10.3. The zero-order valence-corrected chi connectivity index (χ0v) is 24.9. The predicted octanol–water partition coefficient (Wildman–Crippen LogP) is 9.02. The van der Waals surface area contributed by atoms with E-state index in [4.69, 9.17) is 4.74 Å². The molecule has 0 amide bonds. The van der Waals surface area contributed by atoms with Crippen LogP contribution in [0.25, 0.3) is 0 Å². The molecule has 3 rings (SSSR count).